The molecule has 1 aromatic carbocycles. The van der Waals surface area contributed by atoms with Crippen molar-refractivity contribution in [1.82, 2.24) is 31.9 Å². The molecule has 328 valence electrons. The molecule has 4 amide bonds. The molecular formula is C38H68N12O6S2. The van der Waals surface area contributed by atoms with Crippen LogP contribution >= 0.6 is 21.6 Å². The van der Waals surface area contributed by atoms with E-state index in [4.69, 9.17) is 43.2 Å². The van der Waals surface area contributed by atoms with Gasteiger partial charge in [-0.15, -0.1) is 0 Å². The molecule has 20 heteroatoms. The number of carbonyl (C=O) groups is 4. The van der Waals surface area contributed by atoms with Crippen LogP contribution in [0, 0.1) is 10.8 Å². The second-order valence-corrected chi connectivity index (χ2v) is 16.5. The van der Waals surface area contributed by atoms with Crippen molar-refractivity contribution in [1.29, 1.82) is 10.8 Å². The number of hydrogen-bond donors (Lipinski definition) is 12. The summed E-state index contributed by atoms with van der Waals surface area (Å²) in [6, 6.07) is 2.75. The van der Waals surface area contributed by atoms with Crippen LogP contribution in [0.2, 0.25) is 0 Å². The number of ether oxygens (including phenoxy) is 2. The minimum absolute atomic E-state index is 0.00445. The zero-order valence-electron chi connectivity index (χ0n) is 33.9. The standard InChI is InChI=1S/C38H68N12O6S2/c39-29(12-6-10-18-50-38(43)44)35(53)47-16-7-1-3-14-34(52)46-19-21-55-31-23-27-25-57-58-26-28(27)24-32(31)56-22-20-48-36(54)30(40)11-5-9-15-45-33(51)13-4-2-8-17-49-37(41)42/h23-24,29-30H,1-22,25-26,39-40H2,(H,45,51)(H,46,52)(H,47,53)(H,48,54)(H4,41,42,49)(H4,43,44,50)/t29-,30-/m0/s1. The fourth-order valence-electron chi connectivity index (χ4n) is 5.78. The molecule has 0 radical (unpaired) electrons. The van der Waals surface area contributed by atoms with Crippen molar-refractivity contribution in [2.75, 3.05) is 52.5 Å². The first kappa shape index (κ1) is 50.0. The fraction of sp³-hybridized carbons (Fsp3) is 0.684. The molecular weight excluding hydrogens is 785 g/mol. The summed E-state index contributed by atoms with van der Waals surface area (Å²) >= 11 is 0. The van der Waals surface area contributed by atoms with Crippen LogP contribution in [0.4, 0.5) is 0 Å². The van der Waals surface area contributed by atoms with Crippen molar-refractivity contribution in [3.8, 4) is 11.5 Å². The monoisotopic (exact) mass is 852 g/mol. The average molecular weight is 853 g/mol. The Balaban J connectivity index is 1.59. The molecule has 0 bridgehead atoms. The molecule has 58 heavy (non-hydrogen) atoms. The molecule has 18 nitrogen and oxygen atoms in total. The number of carbonyl (C=O) groups excluding carboxylic acids is 4. The van der Waals surface area contributed by atoms with Gasteiger partial charge < -0.3 is 64.3 Å². The molecule has 2 rings (SSSR count). The predicted molar refractivity (Wildman–Crippen MR) is 232 cm³/mol. The summed E-state index contributed by atoms with van der Waals surface area (Å²) in [5.41, 5.74) is 24.9. The van der Waals surface area contributed by atoms with E-state index in [0.717, 1.165) is 62.9 Å². The van der Waals surface area contributed by atoms with Gasteiger partial charge in [-0.3, -0.25) is 30.0 Å². The Labute approximate surface area is 351 Å². The van der Waals surface area contributed by atoms with Crippen LogP contribution < -0.4 is 64.3 Å². The lowest BCUT2D eigenvalue weighted by Gasteiger charge is -2.20. The van der Waals surface area contributed by atoms with Gasteiger partial charge in [-0.05, 0) is 87.5 Å². The Morgan fingerprint density at radius 2 is 0.931 bits per heavy atom. The minimum atomic E-state index is -0.659. The predicted octanol–water partition coefficient (Wildman–Crippen LogP) is 1.39. The van der Waals surface area contributed by atoms with Crippen molar-refractivity contribution < 1.29 is 28.7 Å². The molecule has 0 aliphatic carbocycles. The summed E-state index contributed by atoms with van der Waals surface area (Å²) < 4.78 is 12.1. The topological polar surface area (TPSA) is 311 Å². The van der Waals surface area contributed by atoms with Crippen molar-refractivity contribution >= 4 is 57.1 Å². The highest BCUT2D eigenvalue weighted by atomic mass is 33.1. The van der Waals surface area contributed by atoms with Crippen molar-refractivity contribution in [2.24, 2.45) is 22.9 Å². The highest BCUT2D eigenvalue weighted by molar-refractivity contribution is 8.76. The van der Waals surface area contributed by atoms with E-state index in [1.807, 2.05) is 12.1 Å². The molecule has 0 spiro atoms. The molecule has 2 atom stereocenters. The van der Waals surface area contributed by atoms with Gasteiger partial charge in [0.2, 0.25) is 23.6 Å². The highest BCUT2D eigenvalue weighted by Gasteiger charge is 2.18. The van der Waals surface area contributed by atoms with E-state index >= 15 is 0 Å². The Hall–Kier alpha value is -4.14. The average Bonchev–Trinajstić information content (AvgIpc) is 3.19. The van der Waals surface area contributed by atoms with E-state index in [1.54, 1.807) is 21.6 Å². The zero-order chi connectivity index (χ0) is 42.4. The van der Waals surface area contributed by atoms with E-state index in [0.29, 0.717) is 82.7 Å². The number of hydrogen-bond acceptors (Lipinski definition) is 12. The quantitative estimate of drug-likeness (QED) is 0.0211. The summed E-state index contributed by atoms with van der Waals surface area (Å²) in [5, 5.41) is 31.2. The first-order chi connectivity index (χ1) is 28.0. The molecule has 1 aromatic rings. The van der Waals surface area contributed by atoms with Crippen LogP contribution in [-0.4, -0.2) is 100 Å². The van der Waals surface area contributed by atoms with Crippen LogP contribution in [0.3, 0.4) is 0 Å². The van der Waals surface area contributed by atoms with Gasteiger partial charge in [0.15, 0.2) is 23.4 Å². The van der Waals surface area contributed by atoms with E-state index in [9.17, 15) is 19.2 Å². The highest BCUT2D eigenvalue weighted by Crippen LogP contribution is 2.41. The van der Waals surface area contributed by atoms with Crippen LogP contribution in [0.1, 0.15) is 101 Å². The minimum Gasteiger partial charge on any atom is -0.488 e. The van der Waals surface area contributed by atoms with E-state index < -0.39 is 12.1 Å². The number of nitrogens with two attached hydrogens (primary N) is 4. The van der Waals surface area contributed by atoms with Gasteiger partial charge in [-0.2, -0.15) is 0 Å². The number of fused-ring (bicyclic) bond motifs is 1. The first-order valence-corrected chi connectivity index (χ1v) is 22.9. The number of benzene rings is 1. The summed E-state index contributed by atoms with van der Waals surface area (Å²) in [7, 11) is 3.57. The van der Waals surface area contributed by atoms with Crippen LogP contribution in [0.25, 0.3) is 0 Å². The molecule has 0 aromatic heterocycles. The maximum absolute atomic E-state index is 12.6. The lowest BCUT2D eigenvalue weighted by molar-refractivity contribution is -0.123. The molecule has 0 saturated heterocycles. The molecule has 0 fully saturated rings. The van der Waals surface area contributed by atoms with E-state index in [-0.39, 0.29) is 55.3 Å². The molecule has 1 aliphatic rings. The van der Waals surface area contributed by atoms with Gasteiger partial charge in [0.25, 0.3) is 0 Å². The van der Waals surface area contributed by atoms with Crippen LogP contribution in [0.5, 0.6) is 11.5 Å². The third-order valence-electron chi connectivity index (χ3n) is 9.09. The SMILES string of the molecule is N=C(N)NCCCCCC(=O)NCCCC[C@H](N)C(=O)NCCOc1cc2c(cc1OCCNC(=O)CCCCCNC(=O)[C@@H](N)CCCCNC(=N)N)CSSC2. The Morgan fingerprint density at radius 3 is 1.40 bits per heavy atom. The third-order valence-corrected chi connectivity index (χ3v) is 11.3. The second kappa shape index (κ2) is 30.9. The molecule has 0 unspecified atom stereocenters. The third kappa shape index (κ3) is 23.9. The van der Waals surface area contributed by atoms with E-state index in [2.05, 4.69) is 31.9 Å². The number of unbranched alkanes of at least 4 members (excludes halogenated alkanes) is 6. The van der Waals surface area contributed by atoms with Crippen LogP contribution in [-0.2, 0) is 30.7 Å². The number of rotatable bonds is 32. The summed E-state index contributed by atoms with van der Waals surface area (Å²) in [4.78, 5) is 49.2. The summed E-state index contributed by atoms with van der Waals surface area (Å²) in [6.45, 7) is 3.34. The van der Waals surface area contributed by atoms with Crippen molar-refractivity contribution in [3.05, 3.63) is 23.3 Å². The lowest BCUT2D eigenvalue weighted by Crippen LogP contribution is -2.42. The summed E-state index contributed by atoms with van der Waals surface area (Å²) in [5.74, 6) is 2.26. The van der Waals surface area contributed by atoms with E-state index in [1.165, 1.54) is 11.1 Å². The Morgan fingerprint density at radius 1 is 0.552 bits per heavy atom. The number of guanidine groups is 2. The largest absolute Gasteiger partial charge is 0.488 e. The van der Waals surface area contributed by atoms with Gasteiger partial charge in [0.05, 0.1) is 25.2 Å². The van der Waals surface area contributed by atoms with Crippen molar-refractivity contribution in [2.45, 2.75) is 113 Å². The van der Waals surface area contributed by atoms with Crippen molar-refractivity contribution in [3.63, 3.8) is 0 Å². The number of amides is 4. The zero-order valence-corrected chi connectivity index (χ0v) is 35.5. The normalized spacial score (nSPS) is 12.9. The maximum Gasteiger partial charge on any atom is 0.237 e. The maximum atomic E-state index is 12.6. The molecule has 16 N–H and O–H groups in total. The Kier molecular flexibility index (Phi) is 26.6. The molecule has 0 saturated carbocycles. The van der Waals surface area contributed by atoms with Gasteiger partial charge in [0.1, 0.15) is 13.2 Å². The van der Waals surface area contributed by atoms with Gasteiger partial charge >= 0.3 is 0 Å². The fourth-order valence-corrected chi connectivity index (χ4v) is 8.00. The van der Waals surface area contributed by atoms with Gasteiger partial charge in [0, 0.05) is 50.5 Å². The summed E-state index contributed by atoms with van der Waals surface area (Å²) in [6.07, 6.45) is 9.60. The Bertz CT molecular complexity index is 1430. The van der Waals surface area contributed by atoms with Gasteiger partial charge in [-0.25, -0.2) is 0 Å². The molecule has 1 heterocycles. The lowest BCUT2D eigenvalue weighted by atomic mass is 10.1. The first-order valence-electron chi connectivity index (χ1n) is 20.4. The smallest absolute Gasteiger partial charge is 0.237 e. The van der Waals surface area contributed by atoms with Crippen LogP contribution in [0.15, 0.2) is 12.1 Å². The second-order valence-electron chi connectivity index (χ2n) is 14.1. The van der Waals surface area contributed by atoms with Gasteiger partial charge in [-0.1, -0.05) is 34.4 Å². The number of nitrogens with one attached hydrogen (secondary N) is 8. The molecule has 1 aliphatic heterocycles.